The van der Waals surface area contributed by atoms with Gasteiger partial charge in [-0.05, 0) is 24.6 Å². The standard InChI is InChI=1S/C14H18FNO3S/c1-3-16(8-14(18)19-2)13(17)10-20-9-11-4-6-12(15)7-5-11/h4-7H,3,8-10H2,1-2H3. The molecule has 0 saturated heterocycles. The number of rotatable bonds is 7. The van der Waals surface area contributed by atoms with Gasteiger partial charge in [0, 0.05) is 12.3 Å². The van der Waals surface area contributed by atoms with Crippen LogP contribution in [-0.2, 0) is 20.1 Å². The zero-order valence-electron chi connectivity index (χ0n) is 11.6. The van der Waals surface area contributed by atoms with Gasteiger partial charge in [-0.25, -0.2) is 4.39 Å². The average molecular weight is 299 g/mol. The fraction of sp³-hybridized carbons (Fsp3) is 0.429. The highest BCUT2D eigenvalue weighted by molar-refractivity contribution is 7.99. The minimum absolute atomic E-state index is 0.0249. The molecule has 1 amide bonds. The molecule has 0 unspecified atom stereocenters. The molecule has 110 valence electrons. The Kier molecular flexibility index (Phi) is 7.08. The molecule has 0 N–H and O–H groups in total. The van der Waals surface area contributed by atoms with Crippen molar-refractivity contribution < 1.29 is 18.7 Å². The Morgan fingerprint density at radius 1 is 1.30 bits per heavy atom. The number of esters is 1. The van der Waals surface area contributed by atoms with E-state index < -0.39 is 5.97 Å². The maximum absolute atomic E-state index is 12.7. The van der Waals surface area contributed by atoms with E-state index in [1.54, 1.807) is 12.1 Å². The molecule has 1 rings (SSSR count). The van der Waals surface area contributed by atoms with E-state index in [4.69, 9.17) is 0 Å². The Bertz CT molecular complexity index is 450. The van der Waals surface area contributed by atoms with Crippen molar-refractivity contribution in [1.29, 1.82) is 0 Å². The maximum atomic E-state index is 12.7. The van der Waals surface area contributed by atoms with Gasteiger partial charge in [0.05, 0.1) is 12.9 Å². The molecule has 1 aromatic rings. The molecule has 0 heterocycles. The van der Waals surface area contributed by atoms with Crippen LogP contribution in [0.25, 0.3) is 0 Å². The molecular weight excluding hydrogens is 281 g/mol. The van der Waals surface area contributed by atoms with E-state index in [-0.39, 0.29) is 24.0 Å². The molecule has 1 aromatic carbocycles. The normalized spacial score (nSPS) is 10.2. The van der Waals surface area contributed by atoms with Gasteiger partial charge in [-0.15, -0.1) is 11.8 Å². The third-order valence-corrected chi connectivity index (χ3v) is 3.68. The lowest BCUT2D eigenvalue weighted by molar-refractivity contribution is -0.146. The second-order valence-corrected chi connectivity index (χ2v) is 5.09. The molecule has 0 aliphatic rings. The highest BCUT2D eigenvalue weighted by atomic mass is 32.2. The summed E-state index contributed by atoms with van der Waals surface area (Å²) in [4.78, 5) is 24.5. The number of nitrogens with zero attached hydrogens (tertiary/aromatic N) is 1. The first-order valence-electron chi connectivity index (χ1n) is 6.23. The summed E-state index contributed by atoms with van der Waals surface area (Å²) in [6.45, 7) is 2.25. The molecule has 0 radical (unpaired) electrons. The van der Waals surface area contributed by atoms with Crippen molar-refractivity contribution in [3.8, 4) is 0 Å². The quantitative estimate of drug-likeness (QED) is 0.723. The molecule has 6 heteroatoms. The van der Waals surface area contributed by atoms with Gasteiger partial charge in [-0.1, -0.05) is 12.1 Å². The molecule has 0 aliphatic heterocycles. The minimum Gasteiger partial charge on any atom is -0.468 e. The van der Waals surface area contributed by atoms with Gasteiger partial charge in [-0.3, -0.25) is 9.59 Å². The predicted octanol–water partition coefficient (Wildman–Crippen LogP) is 2.08. The first-order chi connectivity index (χ1) is 9.56. The van der Waals surface area contributed by atoms with Crippen LogP contribution in [0, 0.1) is 5.82 Å². The number of methoxy groups -OCH3 is 1. The molecular formula is C14H18FNO3S. The first kappa shape index (κ1) is 16.5. The Hall–Kier alpha value is -1.56. The first-order valence-corrected chi connectivity index (χ1v) is 7.39. The lowest BCUT2D eigenvalue weighted by Crippen LogP contribution is -2.37. The molecule has 0 aliphatic carbocycles. The number of likely N-dealkylation sites (N-methyl/N-ethyl adjacent to an activating group) is 1. The van der Waals surface area contributed by atoms with Crippen molar-refractivity contribution in [3.05, 3.63) is 35.6 Å². The number of carbonyl (C=O) groups is 2. The SMILES string of the molecule is CCN(CC(=O)OC)C(=O)CSCc1ccc(F)cc1. The topological polar surface area (TPSA) is 46.6 Å². The van der Waals surface area contributed by atoms with Crippen LogP contribution in [0.5, 0.6) is 0 Å². The third-order valence-electron chi connectivity index (χ3n) is 2.69. The van der Waals surface area contributed by atoms with E-state index in [9.17, 15) is 14.0 Å². The second kappa shape index (κ2) is 8.58. The minimum atomic E-state index is -0.427. The molecule has 0 fully saturated rings. The summed E-state index contributed by atoms with van der Waals surface area (Å²) >= 11 is 1.43. The average Bonchev–Trinajstić information content (AvgIpc) is 2.46. The van der Waals surface area contributed by atoms with Gasteiger partial charge < -0.3 is 9.64 Å². The summed E-state index contributed by atoms with van der Waals surface area (Å²) in [6, 6.07) is 6.18. The zero-order chi connectivity index (χ0) is 15.0. The van der Waals surface area contributed by atoms with Gasteiger partial charge >= 0.3 is 5.97 Å². The van der Waals surface area contributed by atoms with Gasteiger partial charge in [0.1, 0.15) is 12.4 Å². The monoisotopic (exact) mass is 299 g/mol. The maximum Gasteiger partial charge on any atom is 0.325 e. The number of amides is 1. The van der Waals surface area contributed by atoms with Crippen LogP contribution in [0.2, 0.25) is 0 Å². The lowest BCUT2D eigenvalue weighted by Gasteiger charge is -2.19. The Morgan fingerprint density at radius 2 is 1.95 bits per heavy atom. The summed E-state index contributed by atoms with van der Waals surface area (Å²) < 4.78 is 17.3. The third kappa shape index (κ3) is 5.61. The summed E-state index contributed by atoms with van der Waals surface area (Å²) in [5, 5.41) is 0. The van der Waals surface area contributed by atoms with Crippen molar-refractivity contribution >= 4 is 23.6 Å². The number of benzene rings is 1. The molecule has 4 nitrogen and oxygen atoms in total. The van der Waals surface area contributed by atoms with Crippen molar-refractivity contribution in [2.45, 2.75) is 12.7 Å². The zero-order valence-corrected chi connectivity index (χ0v) is 12.4. The van der Waals surface area contributed by atoms with Crippen LogP contribution in [0.4, 0.5) is 4.39 Å². The molecule has 0 spiro atoms. The van der Waals surface area contributed by atoms with Crippen molar-refractivity contribution in [2.24, 2.45) is 0 Å². The smallest absolute Gasteiger partial charge is 0.325 e. The fourth-order valence-electron chi connectivity index (χ4n) is 1.52. The van der Waals surface area contributed by atoms with Crippen LogP contribution >= 0.6 is 11.8 Å². The second-order valence-electron chi connectivity index (χ2n) is 4.10. The molecule has 0 atom stereocenters. The summed E-state index contributed by atoms with van der Waals surface area (Å²) in [5.41, 5.74) is 0.959. The van der Waals surface area contributed by atoms with E-state index in [2.05, 4.69) is 4.74 Å². The molecule has 0 bridgehead atoms. The van der Waals surface area contributed by atoms with Crippen LogP contribution in [0.1, 0.15) is 12.5 Å². The van der Waals surface area contributed by atoms with Gasteiger partial charge in [0.15, 0.2) is 0 Å². The van der Waals surface area contributed by atoms with Gasteiger partial charge in [0.2, 0.25) is 5.91 Å². The van der Waals surface area contributed by atoms with Gasteiger partial charge in [0.25, 0.3) is 0 Å². The van der Waals surface area contributed by atoms with Crippen molar-refractivity contribution in [1.82, 2.24) is 4.90 Å². The van der Waals surface area contributed by atoms with Crippen molar-refractivity contribution in [2.75, 3.05) is 26.0 Å². The van der Waals surface area contributed by atoms with Crippen LogP contribution in [0.3, 0.4) is 0 Å². The van der Waals surface area contributed by atoms with E-state index >= 15 is 0 Å². The summed E-state index contributed by atoms with van der Waals surface area (Å²) in [6.07, 6.45) is 0. The molecule has 0 aromatic heterocycles. The van der Waals surface area contributed by atoms with Crippen LogP contribution in [-0.4, -0.2) is 42.7 Å². The summed E-state index contributed by atoms with van der Waals surface area (Å²) in [5.74, 6) is 0.100. The Labute approximate surface area is 122 Å². The van der Waals surface area contributed by atoms with Crippen LogP contribution < -0.4 is 0 Å². The molecule has 20 heavy (non-hydrogen) atoms. The van der Waals surface area contributed by atoms with E-state index in [0.29, 0.717) is 12.3 Å². The number of halogens is 1. The van der Waals surface area contributed by atoms with Gasteiger partial charge in [-0.2, -0.15) is 0 Å². The van der Waals surface area contributed by atoms with E-state index in [0.717, 1.165) is 5.56 Å². The number of carbonyl (C=O) groups excluding carboxylic acids is 2. The molecule has 0 saturated carbocycles. The number of thioether (sulfide) groups is 1. The Morgan fingerprint density at radius 3 is 2.50 bits per heavy atom. The lowest BCUT2D eigenvalue weighted by atomic mass is 10.2. The summed E-state index contributed by atoms with van der Waals surface area (Å²) in [7, 11) is 1.30. The van der Waals surface area contributed by atoms with E-state index in [1.807, 2.05) is 6.92 Å². The largest absolute Gasteiger partial charge is 0.468 e. The Balaban J connectivity index is 2.37. The predicted molar refractivity (Wildman–Crippen MR) is 76.8 cm³/mol. The highest BCUT2D eigenvalue weighted by Crippen LogP contribution is 2.13. The fourth-order valence-corrected chi connectivity index (χ4v) is 2.41. The van der Waals surface area contributed by atoms with Crippen LogP contribution in [0.15, 0.2) is 24.3 Å². The highest BCUT2D eigenvalue weighted by Gasteiger charge is 2.15. The van der Waals surface area contributed by atoms with Crippen molar-refractivity contribution in [3.63, 3.8) is 0 Å². The number of hydrogen-bond acceptors (Lipinski definition) is 4. The number of hydrogen-bond donors (Lipinski definition) is 0. The number of ether oxygens (including phenoxy) is 1. The van der Waals surface area contributed by atoms with E-state index in [1.165, 1.54) is 35.9 Å².